The van der Waals surface area contributed by atoms with E-state index in [4.69, 9.17) is 11.6 Å². The Morgan fingerprint density at radius 2 is 1.64 bits per heavy atom. The first-order valence-corrected chi connectivity index (χ1v) is 14.5. The van der Waals surface area contributed by atoms with Gasteiger partial charge in [0.2, 0.25) is 5.91 Å². The molecule has 4 aromatic rings. The molecule has 3 amide bonds. The predicted octanol–water partition coefficient (Wildman–Crippen LogP) is 5.30. The van der Waals surface area contributed by atoms with Crippen LogP contribution in [0.2, 0.25) is 5.02 Å². The van der Waals surface area contributed by atoms with Gasteiger partial charge in [-0.25, -0.2) is 0 Å². The van der Waals surface area contributed by atoms with E-state index in [-0.39, 0.29) is 36.2 Å². The first-order valence-electron chi connectivity index (χ1n) is 14.1. The number of aromatic nitrogens is 2. The number of hydrogen-bond acceptors (Lipinski definition) is 5. The number of halogens is 1. The average Bonchev–Trinajstić information content (AvgIpc) is 3.47. The largest absolute Gasteiger partial charge is 0.371 e. The normalized spacial score (nSPS) is 16.1. The summed E-state index contributed by atoms with van der Waals surface area (Å²) >= 11 is 6.12. The minimum atomic E-state index is -0.289. The maximum atomic E-state index is 13.6. The van der Waals surface area contributed by atoms with E-state index in [1.165, 1.54) is 4.90 Å². The molecule has 2 aliphatic rings. The Labute approximate surface area is 249 Å². The number of carbonyl (C=O) groups excluding carboxylic acids is 3. The fraction of sp³-hybridized carbons (Fsp3) is 0.273. The first kappa shape index (κ1) is 27.7. The summed E-state index contributed by atoms with van der Waals surface area (Å²) in [5.41, 5.74) is 5.33. The zero-order valence-electron chi connectivity index (χ0n) is 23.6. The quantitative estimate of drug-likeness (QED) is 0.299. The number of piperidine rings is 1. The molecular formula is C33H32ClN5O3. The third-order valence-corrected chi connectivity index (χ3v) is 8.72. The fourth-order valence-corrected chi connectivity index (χ4v) is 6.02. The molecule has 1 unspecified atom stereocenters. The van der Waals surface area contributed by atoms with Gasteiger partial charge in [-0.2, -0.15) is 5.10 Å². The van der Waals surface area contributed by atoms with Gasteiger partial charge in [-0.3, -0.25) is 24.0 Å². The zero-order chi connectivity index (χ0) is 29.4. The standard InChI is InChI=1S/C33H32ClN5O3/c1-21-25(19-35-37(21)2)20-39-32(41)27-9-6-10-28(29(27)33(39)42)38-17-15-24(16-18-38)31(40)36-30(22-7-4-3-5-8-22)23-11-13-26(34)14-12-23/h3-14,19,24,30H,15-18,20H2,1-2H3,(H,36,40). The van der Waals surface area contributed by atoms with Gasteiger partial charge in [0.25, 0.3) is 11.8 Å². The van der Waals surface area contributed by atoms with Gasteiger partial charge in [0.15, 0.2) is 0 Å². The van der Waals surface area contributed by atoms with Crippen molar-refractivity contribution in [1.29, 1.82) is 0 Å². The van der Waals surface area contributed by atoms with Gasteiger partial charge in [0.1, 0.15) is 0 Å². The molecule has 1 aromatic heterocycles. The summed E-state index contributed by atoms with van der Waals surface area (Å²) in [6.45, 7) is 3.32. The van der Waals surface area contributed by atoms with Gasteiger partial charge in [0, 0.05) is 42.3 Å². The SMILES string of the molecule is Cc1c(CN2C(=O)c3cccc(N4CCC(C(=O)NC(c5ccccc5)c5ccc(Cl)cc5)CC4)c3C2=O)cnn1C. The third kappa shape index (κ3) is 5.18. The molecule has 1 atom stereocenters. The first-order chi connectivity index (χ1) is 20.3. The van der Waals surface area contributed by atoms with Crippen molar-refractivity contribution < 1.29 is 14.4 Å². The van der Waals surface area contributed by atoms with Gasteiger partial charge in [-0.05, 0) is 55.2 Å². The van der Waals surface area contributed by atoms with Crippen molar-refractivity contribution >= 4 is 35.0 Å². The number of fused-ring (bicyclic) bond motifs is 1. The molecule has 214 valence electrons. The lowest BCUT2D eigenvalue weighted by Gasteiger charge is -2.34. The Balaban J connectivity index is 1.16. The zero-order valence-corrected chi connectivity index (χ0v) is 24.3. The van der Waals surface area contributed by atoms with Gasteiger partial charge in [0.05, 0.1) is 35.6 Å². The summed E-state index contributed by atoms with van der Waals surface area (Å²) < 4.78 is 1.73. The summed E-state index contributed by atoms with van der Waals surface area (Å²) in [6, 6.07) is 22.6. The molecule has 9 heteroatoms. The molecular weight excluding hydrogens is 550 g/mol. The van der Waals surface area contributed by atoms with E-state index in [0.717, 1.165) is 28.1 Å². The molecule has 3 heterocycles. The molecule has 0 spiro atoms. The van der Waals surface area contributed by atoms with E-state index < -0.39 is 0 Å². The summed E-state index contributed by atoms with van der Waals surface area (Å²) in [5, 5.41) is 8.16. The number of anilines is 1. The number of rotatable bonds is 7. The van der Waals surface area contributed by atoms with Crippen LogP contribution in [-0.4, -0.2) is 45.5 Å². The molecule has 0 saturated carbocycles. The molecule has 1 N–H and O–H groups in total. The van der Waals surface area contributed by atoms with E-state index >= 15 is 0 Å². The van der Waals surface area contributed by atoms with E-state index in [0.29, 0.717) is 42.1 Å². The van der Waals surface area contributed by atoms with Crippen molar-refractivity contribution in [3.05, 3.63) is 118 Å². The Morgan fingerprint density at radius 3 is 2.31 bits per heavy atom. The van der Waals surface area contributed by atoms with Crippen LogP contribution in [0, 0.1) is 12.8 Å². The van der Waals surface area contributed by atoms with Crippen molar-refractivity contribution in [2.24, 2.45) is 13.0 Å². The van der Waals surface area contributed by atoms with E-state index in [1.807, 2.05) is 80.7 Å². The summed E-state index contributed by atoms with van der Waals surface area (Å²) in [6.07, 6.45) is 2.97. The number of carbonyl (C=O) groups is 3. The smallest absolute Gasteiger partial charge is 0.263 e. The number of benzene rings is 3. The highest BCUT2D eigenvalue weighted by Gasteiger charge is 2.39. The molecule has 6 rings (SSSR count). The predicted molar refractivity (Wildman–Crippen MR) is 161 cm³/mol. The molecule has 1 saturated heterocycles. The number of nitrogens with one attached hydrogen (secondary N) is 1. The number of hydrogen-bond donors (Lipinski definition) is 1. The Hall–Kier alpha value is -4.43. The fourth-order valence-electron chi connectivity index (χ4n) is 5.90. The highest BCUT2D eigenvalue weighted by atomic mass is 35.5. The Bertz CT molecular complexity index is 1640. The van der Waals surface area contributed by atoms with Crippen LogP contribution in [0.15, 0.2) is 79.0 Å². The minimum Gasteiger partial charge on any atom is -0.371 e. The van der Waals surface area contributed by atoms with E-state index in [2.05, 4.69) is 15.3 Å². The Morgan fingerprint density at radius 1 is 0.952 bits per heavy atom. The van der Waals surface area contributed by atoms with Crippen molar-refractivity contribution in [1.82, 2.24) is 20.0 Å². The van der Waals surface area contributed by atoms with Crippen LogP contribution in [0.1, 0.15) is 62.0 Å². The molecule has 3 aromatic carbocycles. The summed E-state index contributed by atoms with van der Waals surface area (Å²) in [4.78, 5) is 43.8. The highest BCUT2D eigenvalue weighted by molar-refractivity contribution is 6.30. The van der Waals surface area contributed by atoms with Crippen LogP contribution in [-0.2, 0) is 18.4 Å². The van der Waals surface area contributed by atoms with Crippen LogP contribution in [0.5, 0.6) is 0 Å². The molecule has 0 aliphatic carbocycles. The van der Waals surface area contributed by atoms with E-state index in [9.17, 15) is 14.4 Å². The second-order valence-electron chi connectivity index (χ2n) is 10.9. The lowest BCUT2D eigenvalue weighted by molar-refractivity contribution is -0.126. The minimum absolute atomic E-state index is 0.000938. The number of nitrogens with zero attached hydrogens (tertiary/aromatic N) is 4. The number of aryl methyl sites for hydroxylation is 1. The molecule has 8 nitrogen and oxygen atoms in total. The monoisotopic (exact) mass is 581 g/mol. The van der Waals surface area contributed by atoms with Gasteiger partial charge >= 0.3 is 0 Å². The molecule has 42 heavy (non-hydrogen) atoms. The molecule has 2 aliphatic heterocycles. The lowest BCUT2D eigenvalue weighted by Crippen LogP contribution is -2.42. The van der Waals surface area contributed by atoms with Crippen LogP contribution in [0.25, 0.3) is 0 Å². The maximum absolute atomic E-state index is 13.6. The van der Waals surface area contributed by atoms with Gasteiger partial charge < -0.3 is 10.2 Å². The second kappa shape index (κ2) is 11.4. The van der Waals surface area contributed by atoms with E-state index in [1.54, 1.807) is 16.9 Å². The van der Waals surface area contributed by atoms with Crippen LogP contribution in [0.4, 0.5) is 5.69 Å². The summed E-state index contributed by atoms with van der Waals surface area (Å²) in [7, 11) is 1.84. The maximum Gasteiger partial charge on any atom is 0.263 e. The van der Waals surface area contributed by atoms with Crippen LogP contribution < -0.4 is 10.2 Å². The third-order valence-electron chi connectivity index (χ3n) is 8.47. The number of amides is 3. The van der Waals surface area contributed by atoms with Crippen molar-refractivity contribution in [3.63, 3.8) is 0 Å². The number of imide groups is 1. The van der Waals surface area contributed by atoms with Gasteiger partial charge in [-0.15, -0.1) is 0 Å². The molecule has 0 radical (unpaired) electrons. The molecule has 1 fully saturated rings. The second-order valence-corrected chi connectivity index (χ2v) is 11.4. The lowest BCUT2D eigenvalue weighted by atomic mass is 9.92. The Kier molecular flexibility index (Phi) is 7.56. The van der Waals surface area contributed by atoms with Crippen LogP contribution in [0.3, 0.4) is 0 Å². The summed E-state index contributed by atoms with van der Waals surface area (Å²) in [5.74, 6) is -0.745. The van der Waals surface area contributed by atoms with Crippen LogP contribution >= 0.6 is 11.6 Å². The van der Waals surface area contributed by atoms with Crippen molar-refractivity contribution in [2.45, 2.75) is 32.4 Å². The average molecular weight is 582 g/mol. The van der Waals surface area contributed by atoms with Crippen molar-refractivity contribution in [2.75, 3.05) is 18.0 Å². The van der Waals surface area contributed by atoms with Crippen molar-refractivity contribution in [3.8, 4) is 0 Å². The highest BCUT2D eigenvalue weighted by Crippen LogP contribution is 2.35. The molecule has 0 bridgehead atoms. The van der Waals surface area contributed by atoms with Gasteiger partial charge in [-0.1, -0.05) is 60.1 Å². The topological polar surface area (TPSA) is 87.5 Å².